The molecular weight excluding hydrogens is 350 g/mol. The molecule has 1 atom stereocenters. The van der Waals surface area contributed by atoms with Gasteiger partial charge in [-0.15, -0.1) is 5.10 Å². The minimum Gasteiger partial charge on any atom is -0.338 e. The molecule has 2 aromatic heterocycles. The van der Waals surface area contributed by atoms with E-state index in [4.69, 9.17) is 5.10 Å². The van der Waals surface area contributed by atoms with Crippen LogP contribution in [0.2, 0.25) is 0 Å². The molecule has 0 aliphatic heterocycles. The standard InChI is InChI=1S/C22H21N5O/c1-13-7-9-15(10-8-13)23-21-20-18(11-14(2)12-19(20)28)27(26-21)22-24-16-5-3-4-6-17(16)25-22/h3-10,14H,11-12H2,1-2H3,(H,23,26)(H,24,25). The second-order valence-electron chi connectivity index (χ2n) is 7.59. The Morgan fingerprint density at radius 1 is 1.11 bits per heavy atom. The summed E-state index contributed by atoms with van der Waals surface area (Å²) in [5, 5.41) is 8.08. The zero-order valence-electron chi connectivity index (χ0n) is 15.9. The molecule has 6 nitrogen and oxygen atoms in total. The third-order valence-electron chi connectivity index (χ3n) is 5.23. The highest BCUT2D eigenvalue weighted by Gasteiger charge is 2.31. The van der Waals surface area contributed by atoms with E-state index < -0.39 is 0 Å². The van der Waals surface area contributed by atoms with Crippen LogP contribution >= 0.6 is 0 Å². The second-order valence-corrected chi connectivity index (χ2v) is 7.59. The maximum absolute atomic E-state index is 12.9. The number of hydrogen-bond acceptors (Lipinski definition) is 4. The van der Waals surface area contributed by atoms with Crippen LogP contribution in [0.15, 0.2) is 48.5 Å². The summed E-state index contributed by atoms with van der Waals surface area (Å²) in [5.41, 5.74) is 5.52. The third-order valence-corrected chi connectivity index (χ3v) is 5.23. The molecule has 0 spiro atoms. The molecule has 140 valence electrons. The molecule has 28 heavy (non-hydrogen) atoms. The van der Waals surface area contributed by atoms with Gasteiger partial charge in [-0.1, -0.05) is 36.8 Å². The molecule has 1 aliphatic carbocycles. The van der Waals surface area contributed by atoms with E-state index in [1.807, 2.05) is 55.5 Å². The first-order valence-electron chi connectivity index (χ1n) is 9.52. The Morgan fingerprint density at radius 3 is 2.68 bits per heavy atom. The predicted octanol–water partition coefficient (Wildman–Crippen LogP) is 4.57. The lowest BCUT2D eigenvalue weighted by Crippen LogP contribution is -2.20. The van der Waals surface area contributed by atoms with Crippen molar-refractivity contribution in [1.29, 1.82) is 0 Å². The van der Waals surface area contributed by atoms with Gasteiger partial charge in [0.1, 0.15) is 0 Å². The number of aromatic nitrogens is 4. The largest absolute Gasteiger partial charge is 0.338 e. The van der Waals surface area contributed by atoms with Crippen molar-refractivity contribution >= 4 is 28.3 Å². The molecule has 1 aliphatic rings. The van der Waals surface area contributed by atoms with Gasteiger partial charge in [0.05, 0.1) is 22.3 Å². The monoisotopic (exact) mass is 371 g/mol. The predicted molar refractivity (Wildman–Crippen MR) is 109 cm³/mol. The van der Waals surface area contributed by atoms with E-state index in [2.05, 4.69) is 22.2 Å². The van der Waals surface area contributed by atoms with E-state index in [0.29, 0.717) is 23.8 Å². The van der Waals surface area contributed by atoms with Crippen molar-refractivity contribution in [2.24, 2.45) is 5.92 Å². The molecule has 6 heteroatoms. The fourth-order valence-electron chi connectivity index (χ4n) is 3.83. The first-order valence-corrected chi connectivity index (χ1v) is 9.52. The van der Waals surface area contributed by atoms with E-state index in [1.165, 1.54) is 5.56 Å². The molecule has 2 heterocycles. The first-order chi connectivity index (χ1) is 13.6. The van der Waals surface area contributed by atoms with Gasteiger partial charge in [0, 0.05) is 12.1 Å². The normalized spacial score (nSPS) is 16.4. The van der Waals surface area contributed by atoms with Gasteiger partial charge in [-0.3, -0.25) is 4.79 Å². The number of para-hydroxylation sites is 2. The van der Waals surface area contributed by atoms with E-state index in [1.54, 1.807) is 4.68 Å². The van der Waals surface area contributed by atoms with Crippen LogP contribution < -0.4 is 5.32 Å². The van der Waals surface area contributed by atoms with Gasteiger partial charge >= 0.3 is 0 Å². The summed E-state index contributed by atoms with van der Waals surface area (Å²) >= 11 is 0. The van der Waals surface area contributed by atoms with Crippen LogP contribution in [0.5, 0.6) is 0 Å². The van der Waals surface area contributed by atoms with Gasteiger partial charge in [0.15, 0.2) is 11.6 Å². The molecule has 2 aromatic carbocycles. The Bertz CT molecular complexity index is 1150. The van der Waals surface area contributed by atoms with Crippen LogP contribution in [0.1, 0.15) is 35.0 Å². The molecule has 0 fully saturated rings. The Kier molecular flexibility index (Phi) is 3.79. The van der Waals surface area contributed by atoms with Gasteiger partial charge in [-0.2, -0.15) is 0 Å². The molecule has 1 unspecified atom stereocenters. The van der Waals surface area contributed by atoms with Crippen LogP contribution in [0.25, 0.3) is 17.0 Å². The zero-order chi connectivity index (χ0) is 19.3. The number of hydrogen-bond donors (Lipinski definition) is 2. The molecule has 0 bridgehead atoms. The summed E-state index contributed by atoms with van der Waals surface area (Å²) in [5.74, 6) is 1.64. The van der Waals surface area contributed by atoms with Crippen LogP contribution in [0.4, 0.5) is 11.5 Å². The topological polar surface area (TPSA) is 75.6 Å². The van der Waals surface area contributed by atoms with Gasteiger partial charge in [0.2, 0.25) is 5.95 Å². The quantitative estimate of drug-likeness (QED) is 0.553. The lowest BCUT2D eigenvalue weighted by Gasteiger charge is -2.18. The fraction of sp³-hybridized carbons (Fsp3) is 0.227. The second kappa shape index (κ2) is 6.34. The summed E-state index contributed by atoms with van der Waals surface area (Å²) in [6, 6.07) is 15.9. The first kappa shape index (κ1) is 16.7. The fourth-order valence-corrected chi connectivity index (χ4v) is 3.83. The zero-order valence-corrected chi connectivity index (χ0v) is 15.9. The minimum atomic E-state index is 0.130. The molecule has 0 radical (unpaired) electrons. The number of fused-ring (bicyclic) bond motifs is 2. The number of imidazole rings is 1. The number of aryl methyl sites for hydroxylation is 1. The Labute approximate surface area is 162 Å². The number of carbonyl (C=O) groups excluding carboxylic acids is 1. The van der Waals surface area contributed by atoms with Crippen LogP contribution in [0, 0.1) is 12.8 Å². The Hall–Kier alpha value is -3.41. The smallest absolute Gasteiger partial charge is 0.229 e. The van der Waals surface area contributed by atoms with Crippen molar-refractivity contribution in [2.75, 3.05) is 5.32 Å². The molecule has 2 N–H and O–H groups in total. The average molecular weight is 371 g/mol. The van der Waals surface area contributed by atoms with E-state index in [9.17, 15) is 4.79 Å². The summed E-state index contributed by atoms with van der Waals surface area (Å²) in [7, 11) is 0. The number of nitrogens with zero attached hydrogens (tertiary/aromatic N) is 3. The number of nitrogens with one attached hydrogen (secondary N) is 2. The third kappa shape index (κ3) is 2.78. The van der Waals surface area contributed by atoms with Crippen LogP contribution in [-0.4, -0.2) is 25.5 Å². The van der Waals surface area contributed by atoms with Gasteiger partial charge < -0.3 is 10.3 Å². The van der Waals surface area contributed by atoms with Gasteiger partial charge in [0.25, 0.3) is 0 Å². The molecule has 4 aromatic rings. The SMILES string of the molecule is Cc1ccc(Nc2nn(-c3nc4ccccc4[nH]3)c3c2C(=O)CC(C)C3)cc1. The highest BCUT2D eigenvalue weighted by atomic mass is 16.1. The van der Waals surface area contributed by atoms with Crippen molar-refractivity contribution < 1.29 is 4.79 Å². The highest BCUT2D eigenvalue weighted by molar-refractivity contribution is 6.03. The minimum absolute atomic E-state index is 0.130. The van der Waals surface area contributed by atoms with Crippen LogP contribution in [0.3, 0.4) is 0 Å². The number of H-pyrrole nitrogens is 1. The summed E-state index contributed by atoms with van der Waals surface area (Å²) in [4.78, 5) is 20.9. The average Bonchev–Trinajstić information content (AvgIpc) is 3.25. The van der Waals surface area contributed by atoms with Crippen molar-refractivity contribution in [3.8, 4) is 5.95 Å². The number of carbonyl (C=O) groups is 1. The summed E-state index contributed by atoms with van der Waals surface area (Å²) in [6.07, 6.45) is 1.34. The van der Waals surface area contributed by atoms with Crippen molar-refractivity contribution in [3.63, 3.8) is 0 Å². The van der Waals surface area contributed by atoms with E-state index >= 15 is 0 Å². The Morgan fingerprint density at radius 2 is 1.89 bits per heavy atom. The van der Waals surface area contributed by atoms with E-state index in [-0.39, 0.29) is 11.7 Å². The Balaban J connectivity index is 1.64. The number of Topliss-reactive ketones (excluding diaryl/α,β-unsaturated/α-hetero) is 1. The maximum Gasteiger partial charge on any atom is 0.229 e. The molecule has 0 saturated heterocycles. The number of rotatable bonds is 3. The van der Waals surface area contributed by atoms with Gasteiger partial charge in [-0.25, -0.2) is 9.67 Å². The van der Waals surface area contributed by atoms with E-state index in [0.717, 1.165) is 28.8 Å². The number of benzene rings is 2. The van der Waals surface area contributed by atoms with Crippen molar-refractivity contribution in [2.45, 2.75) is 26.7 Å². The molecular formula is C22H21N5O. The maximum atomic E-state index is 12.9. The van der Waals surface area contributed by atoms with Crippen molar-refractivity contribution in [3.05, 3.63) is 65.4 Å². The number of aromatic amines is 1. The van der Waals surface area contributed by atoms with Crippen molar-refractivity contribution in [1.82, 2.24) is 19.7 Å². The molecule has 0 saturated carbocycles. The molecule has 5 rings (SSSR count). The summed E-state index contributed by atoms with van der Waals surface area (Å²) < 4.78 is 1.79. The molecule has 0 amide bonds. The lowest BCUT2D eigenvalue weighted by atomic mass is 9.88. The highest BCUT2D eigenvalue weighted by Crippen LogP contribution is 2.33. The lowest BCUT2D eigenvalue weighted by molar-refractivity contribution is 0.0953. The number of ketones is 1. The van der Waals surface area contributed by atoms with Crippen LogP contribution in [-0.2, 0) is 6.42 Å². The number of anilines is 2. The van der Waals surface area contributed by atoms with Gasteiger partial charge in [-0.05, 0) is 43.5 Å². The summed E-state index contributed by atoms with van der Waals surface area (Å²) in [6.45, 7) is 4.15.